The minimum absolute atomic E-state index is 0.0708. The number of rotatable bonds is 5. The highest BCUT2D eigenvalue weighted by atomic mass is 35.5. The van der Waals surface area contributed by atoms with Crippen LogP contribution in [0.25, 0.3) is 16.8 Å². The number of fused-ring (bicyclic) bond motifs is 1. The highest BCUT2D eigenvalue weighted by Crippen LogP contribution is 2.33. The average molecular weight is 434 g/mol. The van der Waals surface area contributed by atoms with Gasteiger partial charge in [0.1, 0.15) is 0 Å². The van der Waals surface area contributed by atoms with Crippen LogP contribution in [0.3, 0.4) is 0 Å². The van der Waals surface area contributed by atoms with Crippen molar-refractivity contribution in [2.45, 2.75) is 6.18 Å². The summed E-state index contributed by atoms with van der Waals surface area (Å²) < 4.78 is 43.2. The molecule has 3 aromatic carbocycles. The molecular weight excluding hydrogens is 419 g/mol. The fourth-order valence-corrected chi connectivity index (χ4v) is 2.89. The highest BCUT2D eigenvalue weighted by Gasteiger charge is 2.31. The number of nitrogens with one attached hydrogen (secondary N) is 1. The van der Waals surface area contributed by atoms with Gasteiger partial charge in [0, 0.05) is 6.08 Å². The van der Waals surface area contributed by atoms with Crippen molar-refractivity contribution >= 4 is 46.0 Å². The van der Waals surface area contributed by atoms with Crippen molar-refractivity contribution in [3.63, 3.8) is 0 Å². The monoisotopic (exact) mass is 433 g/mol. The number of alkyl halides is 3. The van der Waals surface area contributed by atoms with Gasteiger partial charge in [0.05, 0.1) is 16.3 Å². The molecule has 0 unspecified atom stereocenters. The lowest BCUT2D eigenvalue weighted by Crippen LogP contribution is -2.20. The number of ether oxygens (including phenoxy) is 1. The van der Waals surface area contributed by atoms with Gasteiger partial charge in [-0.2, -0.15) is 13.2 Å². The summed E-state index contributed by atoms with van der Waals surface area (Å²) in [5, 5.41) is 4.08. The van der Waals surface area contributed by atoms with Crippen molar-refractivity contribution in [1.29, 1.82) is 0 Å². The summed E-state index contributed by atoms with van der Waals surface area (Å²) in [6.45, 7) is -0.675. The van der Waals surface area contributed by atoms with Gasteiger partial charge < -0.3 is 10.1 Å². The average Bonchev–Trinajstić information content (AvgIpc) is 2.71. The van der Waals surface area contributed by atoms with Crippen LogP contribution in [0.5, 0.6) is 0 Å². The first-order chi connectivity index (χ1) is 14.2. The lowest BCUT2D eigenvalue weighted by atomic mass is 10.0. The number of carbonyl (C=O) groups excluding carboxylic acids is 2. The molecule has 0 aliphatic carbocycles. The first-order valence-corrected chi connectivity index (χ1v) is 9.11. The molecular formula is C22H15ClF3NO3. The molecule has 0 spiro atoms. The van der Waals surface area contributed by atoms with E-state index in [0.29, 0.717) is 6.07 Å². The van der Waals surface area contributed by atoms with Gasteiger partial charge >= 0.3 is 12.1 Å². The lowest BCUT2D eigenvalue weighted by Gasteiger charge is -2.11. The summed E-state index contributed by atoms with van der Waals surface area (Å²) in [6.07, 6.45) is -1.85. The van der Waals surface area contributed by atoms with Gasteiger partial charge in [-0.05, 0) is 40.6 Å². The second kappa shape index (κ2) is 9.00. The quantitative estimate of drug-likeness (QED) is 0.414. The van der Waals surface area contributed by atoms with E-state index in [9.17, 15) is 22.8 Å². The van der Waals surface area contributed by atoms with E-state index in [4.69, 9.17) is 16.3 Å². The van der Waals surface area contributed by atoms with Gasteiger partial charge in [-0.25, -0.2) is 4.79 Å². The Morgan fingerprint density at radius 2 is 1.77 bits per heavy atom. The molecule has 0 aliphatic rings. The van der Waals surface area contributed by atoms with E-state index in [1.54, 1.807) is 6.08 Å². The Labute approximate surface area is 174 Å². The normalized spacial score (nSPS) is 11.6. The van der Waals surface area contributed by atoms with Crippen LogP contribution in [0.1, 0.15) is 11.1 Å². The zero-order valence-electron chi connectivity index (χ0n) is 15.4. The van der Waals surface area contributed by atoms with Gasteiger partial charge in [-0.3, -0.25) is 4.79 Å². The molecule has 4 nitrogen and oxygen atoms in total. The first kappa shape index (κ1) is 21.4. The number of anilines is 1. The van der Waals surface area contributed by atoms with Crippen LogP contribution in [-0.2, 0) is 20.5 Å². The van der Waals surface area contributed by atoms with E-state index in [0.717, 1.165) is 28.5 Å². The minimum Gasteiger partial charge on any atom is -0.452 e. The largest absolute Gasteiger partial charge is 0.452 e. The number of amides is 1. The Balaban J connectivity index is 1.60. The molecule has 1 amide bonds. The third-order valence-corrected chi connectivity index (χ3v) is 4.47. The number of carbonyl (C=O) groups is 2. The van der Waals surface area contributed by atoms with E-state index in [2.05, 4.69) is 5.32 Å². The molecule has 0 aromatic heterocycles. The molecule has 154 valence electrons. The number of halogens is 4. The third kappa shape index (κ3) is 5.39. The van der Waals surface area contributed by atoms with Crippen molar-refractivity contribution in [2.24, 2.45) is 0 Å². The molecule has 1 N–H and O–H groups in total. The van der Waals surface area contributed by atoms with Gasteiger partial charge in [0.2, 0.25) is 0 Å². The summed E-state index contributed by atoms with van der Waals surface area (Å²) in [7, 11) is 0. The van der Waals surface area contributed by atoms with E-state index < -0.39 is 30.2 Å². The maximum atomic E-state index is 12.8. The van der Waals surface area contributed by atoms with Crippen molar-refractivity contribution in [3.8, 4) is 0 Å². The Bertz CT molecular complexity index is 1120. The number of hydrogen-bond acceptors (Lipinski definition) is 3. The van der Waals surface area contributed by atoms with Crippen molar-refractivity contribution in [1.82, 2.24) is 0 Å². The van der Waals surface area contributed by atoms with Crippen LogP contribution < -0.4 is 5.32 Å². The van der Waals surface area contributed by atoms with Crippen molar-refractivity contribution in [2.75, 3.05) is 11.9 Å². The van der Waals surface area contributed by atoms with Crippen LogP contribution in [-0.4, -0.2) is 18.5 Å². The molecule has 0 fully saturated rings. The summed E-state index contributed by atoms with van der Waals surface area (Å²) in [6, 6.07) is 15.8. The molecule has 0 aliphatic heterocycles. The Kier molecular flexibility index (Phi) is 6.42. The molecule has 0 radical (unpaired) electrons. The van der Waals surface area contributed by atoms with Gasteiger partial charge in [-0.15, -0.1) is 0 Å². The molecule has 3 rings (SSSR count). The smallest absolute Gasteiger partial charge is 0.416 e. The molecule has 0 saturated carbocycles. The maximum Gasteiger partial charge on any atom is 0.416 e. The van der Waals surface area contributed by atoms with Crippen LogP contribution in [0.15, 0.2) is 66.7 Å². The van der Waals surface area contributed by atoms with E-state index in [1.165, 1.54) is 6.08 Å². The van der Waals surface area contributed by atoms with E-state index >= 15 is 0 Å². The molecule has 30 heavy (non-hydrogen) atoms. The predicted molar refractivity (Wildman–Crippen MR) is 109 cm³/mol. The Hall–Kier alpha value is -3.32. The third-order valence-electron chi connectivity index (χ3n) is 4.14. The highest BCUT2D eigenvalue weighted by molar-refractivity contribution is 6.33. The standard InChI is InChI=1S/C22H15ClF3NO3/c23-18-10-9-16(22(24,25)26)12-19(18)27-20(28)13-30-21(29)11-8-15-6-3-5-14-4-1-2-7-17(14)15/h1-12H,13H2,(H,27,28)/b11-8+. The lowest BCUT2D eigenvalue weighted by molar-refractivity contribution is -0.142. The maximum absolute atomic E-state index is 12.8. The molecule has 0 heterocycles. The summed E-state index contributed by atoms with van der Waals surface area (Å²) in [4.78, 5) is 23.8. The molecule has 0 atom stereocenters. The summed E-state index contributed by atoms with van der Waals surface area (Å²) in [5.74, 6) is -1.59. The second-order valence-corrected chi connectivity index (χ2v) is 6.66. The predicted octanol–water partition coefficient (Wildman–Crippen LogP) is 5.71. The fraction of sp³-hybridized carbons (Fsp3) is 0.0909. The second-order valence-electron chi connectivity index (χ2n) is 6.25. The van der Waals surface area contributed by atoms with Crippen LogP contribution >= 0.6 is 11.6 Å². The molecule has 0 bridgehead atoms. The summed E-state index contributed by atoms with van der Waals surface area (Å²) in [5.41, 5.74) is -0.388. The topological polar surface area (TPSA) is 55.4 Å². The number of esters is 1. The first-order valence-electron chi connectivity index (χ1n) is 8.73. The van der Waals surface area contributed by atoms with Crippen LogP contribution in [0, 0.1) is 0 Å². The zero-order valence-corrected chi connectivity index (χ0v) is 16.1. The molecule has 3 aromatic rings. The van der Waals surface area contributed by atoms with Crippen LogP contribution in [0.2, 0.25) is 5.02 Å². The Morgan fingerprint density at radius 3 is 2.53 bits per heavy atom. The summed E-state index contributed by atoms with van der Waals surface area (Å²) >= 11 is 5.82. The SMILES string of the molecule is O=C(COC(=O)/C=C/c1cccc2ccccc12)Nc1cc(C(F)(F)F)ccc1Cl. The number of hydrogen-bond donors (Lipinski definition) is 1. The zero-order chi connectivity index (χ0) is 21.7. The molecule has 0 saturated heterocycles. The van der Waals surface area contributed by atoms with Crippen molar-refractivity contribution < 1.29 is 27.5 Å². The minimum atomic E-state index is -4.58. The van der Waals surface area contributed by atoms with Gasteiger partial charge in [0.15, 0.2) is 6.61 Å². The van der Waals surface area contributed by atoms with Crippen molar-refractivity contribution in [3.05, 3.63) is 82.9 Å². The molecule has 8 heteroatoms. The Morgan fingerprint density at radius 1 is 1.03 bits per heavy atom. The van der Waals surface area contributed by atoms with E-state index in [-0.39, 0.29) is 10.7 Å². The number of benzene rings is 3. The van der Waals surface area contributed by atoms with Crippen LogP contribution in [0.4, 0.5) is 18.9 Å². The van der Waals surface area contributed by atoms with Gasteiger partial charge in [-0.1, -0.05) is 54.1 Å². The van der Waals surface area contributed by atoms with Gasteiger partial charge in [0.25, 0.3) is 5.91 Å². The van der Waals surface area contributed by atoms with E-state index in [1.807, 2.05) is 42.5 Å². The fourth-order valence-electron chi connectivity index (χ4n) is 2.72.